The summed E-state index contributed by atoms with van der Waals surface area (Å²) in [5.41, 5.74) is -0.872. The van der Waals surface area contributed by atoms with Crippen LogP contribution in [0, 0.1) is 0 Å². The Labute approximate surface area is 169 Å². The second-order valence-corrected chi connectivity index (χ2v) is 9.14. The lowest BCUT2D eigenvalue weighted by molar-refractivity contribution is 0.0236. The van der Waals surface area contributed by atoms with Gasteiger partial charge in [0.05, 0.1) is 12.2 Å². The van der Waals surface area contributed by atoms with Crippen molar-refractivity contribution in [3.8, 4) is 5.88 Å². The second-order valence-electron chi connectivity index (χ2n) is 8.36. The number of carbonyl (C=O) groups excluding carboxylic acids is 2. The molecule has 0 bridgehead atoms. The number of aromatic nitrogens is 2. The monoisotopic (exact) mass is 412 g/mol. The van der Waals surface area contributed by atoms with E-state index in [1.165, 1.54) is 21.6 Å². The molecule has 0 saturated heterocycles. The minimum atomic E-state index is -0.718. The zero-order valence-electron chi connectivity index (χ0n) is 17.4. The first-order chi connectivity index (χ1) is 12.8. The van der Waals surface area contributed by atoms with E-state index in [0.717, 1.165) is 0 Å². The number of fused-ring (bicyclic) bond motifs is 1. The Bertz CT molecular complexity index is 758. The van der Waals surface area contributed by atoms with E-state index in [-0.39, 0.29) is 31.2 Å². The van der Waals surface area contributed by atoms with Gasteiger partial charge in [0.15, 0.2) is 5.16 Å². The number of anilines is 1. The van der Waals surface area contributed by atoms with E-state index >= 15 is 0 Å². The van der Waals surface area contributed by atoms with Crippen LogP contribution < -0.4 is 4.90 Å². The average molecular weight is 413 g/mol. The maximum Gasteiger partial charge on any atom is 0.415 e. The van der Waals surface area contributed by atoms with E-state index < -0.39 is 23.4 Å². The van der Waals surface area contributed by atoms with E-state index in [2.05, 4.69) is 9.97 Å². The van der Waals surface area contributed by atoms with Crippen LogP contribution >= 0.6 is 11.8 Å². The lowest BCUT2D eigenvalue weighted by Crippen LogP contribution is -2.42. The van der Waals surface area contributed by atoms with E-state index in [1.54, 1.807) is 47.8 Å². The molecule has 1 N–H and O–H groups in total. The molecule has 0 saturated carbocycles. The van der Waals surface area contributed by atoms with Crippen molar-refractivity contribution in [1.29, 1.82) is 0 Å². The Morgan fingerprint density at radius 3 is 2.11 bits per heavy atom. The summed E-state index contributed by atoms with van der Waals surface area (Å²) in [5.74, 6) is -0.328. The largest absolute Gasteiger partial charge is 0.492 e. The molecule has 1 aliphatic heterocycles. The summed E-state index contributed by atoms with van der Waals surface area (Å²) >= 11 is 1.25. The summed E-state index contributed by atoms with van der Waals surface area (Å²) in [6, 6.07) is 0. The van der Waals surface area contributed by atoms with Gasteiger partial charge in [0.2, 0.25) is 5.88 Å². The number of rotatable bonds is 1. The lowest BCUT2D eigenvalue weighted by atomic mass is 10.2. The summed E-state index contributed by atoms with van der Waals surface area (Å²) in [6.45, 7) is 11.0. The van der Waals surface area contributed by atoms with Gasteiger partial charge in [0.1, 0.15) is 16.9 Å². The maximum absolute atomic E-state index is 12.7. The zero-order chi connectivity index (χ0) is 21.3. The number of ether oxygens (including phenoxy) is 2. The minimum Gasteiger partial charge on any atom is -0.492 e. The van der Waals surface area contributed by atoms with Crippen molar-refractivity contribution >= 4 is 29.6 Å². The van der Waals surface area contributed by atoms with Gasteiger partial charge in [-0.15, -0.1) is 0 Å². The van der Waals surface area contributed by atoms with Crippen molar-refractivity contribution in [2.75, 3.05) is 24.2 Å². The smallest absolute Gasteiger partial charge is 0.415 e. The van der Waals surface area contributed by atoms with Gasteiger partial charge in [-0.1, -0.05) is 11.8 Å². The van der Waals surface area contributed by atoms with Crippen LogP contribution in [0.3, 0.4) is 0 Å². The zero-order valence-corrected chi connectivity index (χ0v) is 18.2. The molecule has 156 valence electrons. The van der Waals surface area contributed by atoms with Gasteiger partial charge in [0.25, 0.3) is 0 Å². The highest BCUT2D eigenvalue weighted by Crippen LogP contribution is 2.34. The molecule has 0 aromatic carbocycles. The number of hydrogen-bond acceptors (Lipinski definition) is 8. The molecule has 1 aromatic rings. The summed E-state index contributed by atoms with van der Waals surface area (Å²) in [5, 5.41) is 10.8. The van der Waals surface area contributed by atoms with Crippen LogP contribution in [-0.4, -0.2) is 62.7 Å². The van der Waals surface area contributed by atoms with Crippen LogP contribution in [0.5, 0.6) is 5.88 Å². The molecular weight excluding hydrogens is 384 g/mol. The number of nitrogens with zero attached hydrogens (tertiary/aromatic N) is 4. The van der Waals surface area contributed by atoms with Crippen molar-refractivity contribution < 1.29 is 24.2 Å². The number of hydrogen-bond donors (Lipinski definition) is 1. The van der Waals surface area contributed by atoms with Crippen LogP contribution in [0.25, 0.3) is 0 Å². The fourth-order valence-electron chi connectivity index (χ4n) is 2.52. The van der Waals surface area contributed by atoms with E-state index in [0.29, 0.717) is 10.9 Å². The first-order valence-electron chi connectivity index (χ1n) is 8.93. The fourth-order valence-corrected chi connectivity index (χ4v) is 2.90. The van der Waals surface area contributed by atoms with Crippen molar-refractivity contribution in [2.45, 2.75) is 64.4 Å². The van der Waals surface area contributed by atoms with Crippen LogP contribution in [0.2, 0.25) is 0 Å². The molecule has 10 heteroatoms. The van der Waals surface area contributed by atoms with Crippen LogP contribution in [0.15, 0.2) is 5.16 Å². The predicted octanol–water partition coefficient (Wildman–Crippen LogP) is 3.40. The van der Waals surface area contributed by atoms with Crippen molar-refractivity contribution in [3.05, 3.63) is 5.69 Å². The Kier molecular flexibility index (Phi) is 6.32. The highest BCUT2D eigenvalue weighted by molar-refractivity contribution is 7.98. The highest BCUT2D eigenvalue weighted by Gasteiger charge is 2.34. The Hall–Kier alpha value is -2.23. The summed E-state index contributed by atoms with van der Waals surface area (Å²) < 4.78 is 10.9. The van der Waals surface area contributed by atoms with Crippen molar-refractivity contribution in [2.24, 2.45) is 0 Å². The Morgan fingerprint density at radius 1 is 1.00 bits per heavy atom. The number of aromatic hydroxyl groups is 1. The average Bonchev–Trinajstić information content (AvgIpc) is 2.71. The van der Waals surface area contributed by atoms with Gasteiger partial charge in [0, 0.05) is 13.1 Å². The minimum absolute atomic E-state index is 0.0766. The lowest BCUT2D eigenvalue weighted by Gasteiger charge is -2.27. The molecule has 28 heavy (non-hydrogen) atoms. The van der Waals surface area contributed by atoms with Gasteiger partial charge >= 0.3 is 12.2 Å². The Morgan fingerprint density at radius 2 is 1.57 bits per heavy atom. The molecule has 0 unspecified atom stereocenters. The molecule has 2 rings (SSSR count). The molecule has 2 amide bonds. The van der Waals surface area contributed by atoms with Gasteiger partial charge in [-0.2, -0.15) is 4.98 Å². The van der Waals surface area contributed by atoms with Gasteiger partial charge in [-0.05, 0) is 47.8 Å². The first-order valence-corrected chi connectivity index (χ1v) is 10.2. The second kappa shape index (κ2) is 8.02. The van der Waals surface area contributed by atoms with Crippen LogP contribution in [0.4, 0.5) is 15.3 Å². The molecule has 9 nitrogen and oxygen atoms in total. The van der Waals surface area contributed by atoms with E-state index in [4.69, 9.17) is 9.47 Å². The maximum atomic E-state index is 12.7. The molecule has 0 spiro atoms. The Balaban J connectivity index is 2.43. The molecule has 0 fully saturated rings. The molecule has 1 aromatic heterocycles. The molecule has 2 heterocycles. The van der Waals surface area contributed by atoms with Crippen LogP contribution in [-0.2, 0) is 16.0 Å². The molecule has 0 atom stereocenters. The molecule has 0 aliphatic carbocycles. The predicted molar refractivity (Wildman–Crippen MR) is 106 cm³/mol. The van der Waals surface area contributed by atoms with Crippen molar-refractivity contribution in [3.63, 3.8) is 0 Å². The third kappa shape index (κ3) is 5.63. The third-order valence-electron chi connectivity index (χ3n) is 3.57. The fraction of sp³-hybridized carbons (Fsp3) is 0.667. The molecule has 1 aliphatic rings. The molecular formula is C18H28N4O5S. The van der Waals surface area contributed by atoms with Crippen molar-refractivity contribution in [1.82, 2.24) is 14.9 Å². The number of carbonyl (C=O) groups is 2. The highest BCUT2D eigenvalue weighted by atomic mass is 32.2. The molecule has 0 radical (unpaired) electrons. The summed E-state index contributed by atoms with van der Waals surface area (Å²) in [7, 11) is 0. The SMILES string of the molecule is CSc1nc(O)c2c(n1)CN(C(=O)OC(C)(C)C)CCN2C(=O)OC(C)(C)C. The van der Waals surface area contributed by atoms with E-state index in [1.807, 2.05) is 0 Å². The topological polar surface area (TPSA) is 105 Å². The summed E-state index contributed by atoms with van der Waals surface area (Å²) in [6.07, 6.45) is 0.610. The third-order valence-corrected chi connectivity index (χ3v) is 4.12. The quantitative estimate of drug-likeness (QED) is 0.553. The number of amides is 2. The van der Waals surface area contributed by atoms with Gasteiger partial charge < -0.3 is 19.5 Å². The number of thioether (sulfide) groups is 1. The summed E-state index contributed by atoms with van der Waals surface area (Å²) in [4.78, 5) is 36.5. The van der Waals surface area contributed by atoms with E-state index in [9.17, 15) is 14.7 Å². The van der Waals surface area contributed by atoms with Gasteiger partial charge in [-0.25, -0.2) is 14.6 Å². The first kappa shape index (κ1) is 22.1. The normalized spacial score (nSPS) is 15.0. The van der Waals surface area contributed by atoms with Gasteiger partial charge in [-0.3, -0.25) is 4.90 Å². The standard InChI is InChI=1S/C18H28N4O5S/c1-17(2,3)26-15(24)21-8-9-22(16(25)27-18(4,5)6)12-11(10-21)19-14(28-7)20-13(12)23/h8-10H2,1-7H3,(H,19,20,23). The van der Waals surface area contributed by atoms with Crippen LogP contribution in [0.1, 0.15) is 47.2 Å².